The van der Waals surface area contributed by atoms with Gasteiger partial charge in [-0.1, -0.05) is 6.08 Å². The van der Waals surface area contributed by atoms with Gasteiger partial charge in [0.2, 0.25) is 5.91 Å². The van der Waals surface area contributed by atoms with Crippen molar-refractivity contribution >= 4 is 11.9 Å². The van der Waals surface area contributed by atoms with Gasteiger partial charge in [0.15, 0.2) is 0 Å². The highest BCUT2D eigenvalue weighted by atomic mass is 16.4. The van der Waals surface area contributed by atoms with Crippen molar-refractivity contribution in [3.8, 4) is 0 Å². The molecule has 2 fully saturated rings. The number of rotatable bonds is 6. The molecule has 2 aliphatic rings. The van der Waals surface area contributed by atoms with Gasteiger partial charge >= 0.3 is 5.97 Å². The molecular formula is C12H17NO3. The van der Waals surface area contributed by atoms with Crippen LogP contribution in [0.1, 0.15) is 32.1 Å². The van der Waals surface area contributed by atoms with E-state index in [1.165, 1.54) is 0 Å². The molecule has 0 radical (unpaired) electrons. The van der Waals surface area contributed by atoms with E-state index in [1.54, 1.807) is 6.08 Å². The zero-order valence-electron chi connectivity index (χ0n) is 9.24. The highest BCUT2D eigenvalue weighted by Crippen LogP contribution is 2.70. The smallest absolute Gasteiger partial charge is 0.326 e. The van der Waals surface area contributed by atoms with Gasteiger partial charge in [0, 0.05) is 5.92 Å². The van der Waals surface area contributed by atoms with E-state index in [-0.39, 0.29) is 17.2 Å². The Morgan fingerprint density at radius 1 is 1.56 bits per heavy atom. The molecule has 0 aromatic rings. The van der Waals surface area contributed by atoms with E-state index in [0.29, 0.717) is 12.8 Å². The highest BCUT2D eigenvalue weighted by molar-refractivity contribution is 5.87. The van der Waals surface area contributed by atoms with Crippen molar-refractivity contribution < 1.29 is 14.7 Å². The van der Waals surface area contributed by atoms with Crippen molar-refractivity contribution in [3.05, 3.63) is 12.7 Å². The lowest BCUT2D eigenvalue weighted by atomic mass is 10.1. The van der Waals surface area contributed by atoms with Crippen LogP contribution in [0.5, 0.6) is 0 Å². The first-order valence-corrected chi connectivity index (χ1v) is 5.73. The third-order valence-electron chi connectivity index (χ3n) is 3.67. The minimum atomic E-state index is -0.958. The van der Waals surface area contributed by atoms with E-state index >= 15 is 0 Å². The van der Waals surface area contributed by atoms with Crippen LogP contribution in [0.15, 0.2) is 12.7 Å². The van der Waals surface area contributed by atoms with Gasteiger partial charge in [0.05, 0.1) is 0 Å². The van der Waals surface area contributed by atoms with Crippen LogP contribution in [0, 0.1) is 11.3 Å². The summed E-state index contributed by atoms with van der Waals surface area (Å²) in [6, 6.07) is -0.762. The first kappa shape index (κ1) is 11.2. The zero-order chi connectivity index (χ0) is 11.8. The van der Waals surface area contributed by atoms with E-state index < -0.39 is 12.0 Å². The van der Waals surface area contributed by atoms with Gasteiger partial charge in [-0.15, -0.1) is 6.58 Å². The summed E-state index contributed by atoms with van der Waals surface area (Å²) >= 11 is 0. The maximum absolute atomic E-state index is 11.7. The molecule has 1 spiro atoms. The Labute approximate surface area is 94.7 Å². The zero-order valence-corrected chi connectivity index (χ0v) is 9.24. The average molecular weight is 223 g/mol. The minimum Gasteiger partial charge on any atom is -0.480 e. The molecule has 4 heteroatoms. The van der Waals surface area contributed by atoms with Crippen molar-refractivity contribution in [1.29, 1.82) is 0 Å². The maximum Gasteiger partial charge on any atom is 0.326 e. The predicted molar refractivity (Wildman–Crippen MR) is 58.8 cm³/mol. The summed E-state index contributed by atoms with van der Waals surface area (Å²) in [6.07, 6.45) is 5.91. The Kier molecular flexibility index (Phi) is 2.74. The monoisotopic (exact) mass is 223 g/mol. The largest absolute Gasteiger partial charge is 0.480 e. The van der Waals surface area contributed by atoms with E-state index in [1.807, 2.05) is 0 Å². The molecular weight excluding hydrogens is 206 g/mol. The lowest BCUT2D eigenvalue weighted by Crippen LogP contribution is -2.41. The molecule has 2 atom stereocenters. The second-order valence-corrected chi connectivity index (χ2v) is 4.88. The Bertz CT molecular complexity index is 333. The number of amides is 1. The summed E-state index contributed by atoms with van der Waals surface area (Å²) < 4.78 is 0. The SMILES string of the molecule is C=CCCC(NC(=O)C1CC12CC2)C(=O)O. The quantitative estimate of drug-likeness (QED) is 0.667. The lowest BCUT2D eigenvalue weighted by Gasteiger charge is -2.13. The fourth-order valence-electron chi connectivity index (χ4n) is 2.25. The summed E-state index contributed by atoms with van der Waals surface area (Å²) in [5, 5.41) is 11.6. The van der Waals surface area contributed by atoms with Crippen molar-refractivity contribution in [3.63, 3.8) is 0 Å². The van der Waals surface area contributed by atoms with Crippen LogP contribution in [0.3, 0.4) is 0 Å². The van der Waals surface area contributed by atoms with Gasteiger partial charge in [-0.05, 0) is 37.5 Å². The predicted octanol–water partition coefficient (Wildman–Crippen LogP) is 1.32. The molecule has 2 rings (SSSR count). The molecule has 1 amide bonds. The average Bonchev–Trinajstić information content (AvgIpc) is 3.14. The molecule has 0 aliphatic heterocycles. The molecule has 2 N–H and O–H groups in total. The van der Waals surface area contributed by atoms with Crippen LogP contribution in [0.2, 0.25) is 0 Å². The number of hydrogen-bond acceptors (Lipinski definition) is 2. The van der Waals surface area contributed by atoms with Crippen molar-refractivity contribution in [2.75, 3.05) is 0 Å². The van der Waals surface area contributed by atoms with Crippen LogP contribution >= 0.6 is 0 Å². The Morgan fingerprint density at radius 3 is 2.69 bits per heavy atom. The van der Waals surface area contributed by atoms with Crippen molar-refractivity contribution in [2.45, 2.75) is 38.1 Å². The number of carbonyl (C=O) groups is 2. The number of allylic oxidation sites excluding steroid dienone is 1. The summed E-state index contributed by atoms with van der Waals surface area (Å²) in [4.78, 5) is 22.7. The number of aliphatic carboxylic acids is 1. The lowest BCUT2D eigenvalue weighted by molar-refractivity contribution is -0.142. The third-order valence-corrected chi connectivity index (χ3v) is 3.67. The number of carbonyl (C=O) groups excluding carboxylic acids is 1. The van der Waals surface area contributed by atoms with Crippen LogP contribution < -0.4 is 5.32 Å². The van der Waals surface area contributed by atoms with Gasteiger partial charge in [-0.25, -0.2) is 4.79 Å². The maximum atomic E-state index is 11.7. The fraction of sp³-hybridized carbons (Fsp3) is 0.667. The normalized spacial score (nSPS) is 25.9. The molecule has 2 aliphatic carbocycles. The molecule has 4 nitrogen and oxygen atoms in total. The van der Waals surface area contributed by atoms with Gasteiger partial charge in [-0.3, -0.25) is 4.79 Å². The molecule has 0 aromatic heterocycles. The van der Waals surface area contributed by atoms with Crippen molar-refractivity contribution in [1.82, 2.24) is 5.32 Å². The second-order valence-electron chi connectivity index (χ2n) is 4.88. The molecule has 2 saturated carbocycles. The van der Waals surface area contributed by atoms with E-state index in [0.717, 1.165) is 19.3 Å². The second kappa shape index (κ2) is 3.92. The molecule has 16 heavy (non-hydrogen) atoms. The van der Waals surface area contributed by atoms with Gasteiger partial charge in [-0.2, -0.15) is 0 Å². The molecule has 0 saturated heterocycles. The topological polar surface area (TPSA) is 66.4 Å². The summed E-state index contributed by atoms with van der Waals surface area (Å²) in [5.41, 5.74) is 0.283. The molecule has 2 unspecified atom stereocenters. The van der Waals surface area contributed by atoms with Crippen LogP contribution in [-0.4, -0.2) is 23.0 Å². The Hall–Kier alpha value is -1.32. The number of hydrogen-bond donors (Lipinski definition) is 2. The first-order valence-electron chi connectivity index (χ1n) is 5.73. The third kappa shape index (κ3) is 2.10. The summed E-state index contributed by atoms with van der Waals surface area (Å²) in [7, 11) is 0. The van der Waals surface area contributed by atoms with Gasteiger partial charge in [0.1, 0.15) is 6.04 Å². The van der Waals surface area contributed by atoms with Crippen LogP contribution in [0.25, 0.3) is 0 Å². The summed E-state index contributed by atoms with van der Waals surface area (Å²) in [6.45, 7) is 3.55. The van der Waals surface area contributed by atoms with Crippen LogP contribution in [-0.2, 0) is 9.59 Å². The first-order chi connectivity index (χ1) is 7.59. The van der Waals surface area contributed by atoms with Gasteiger partial charge in [0.25, 0.3) is 0 Å². The number of nitrogens with one attached hydrogen (secondary N) is 1. The number of carboxylic acid groups (broad SMARTS) is 1. The summed E-state index contributed by atoms with van der Waals surface area (Å²) in [5.74, 6) is -0.951. The molecule has 0 heterocycles. The molecule has 88 valence electrons. The minimum absolute atomic E-state index is 0.0750. The Balaban J connectivity index is 1.82. The van der Waals surface area contributed by atoms with Crippen LogP contribution in [0.4, 0.5) is 0 Å². The highest BCUT2D eigenvalue weighted by Gasteiger charge is 2.65. The van der Waals surface area contributed by atoms with E-state index in [2.05, 4.69) is 11.9 Å². The molecule has 0 aromatic carbocycles. The van der Waals surface area contributed by atoms with E-state index in [4.69, 9.17) is 5.11 Å². The van der Waals surface area contributed by atoms with Crippen molar-refractivity contribution in [2.24, 2.45) is 11.3 Å². The van der Waals surface area contributed by atoms with E-state index in [9.17, 15) is 9.59 Å². The Morgan fingerprint density at radius 2 is 2.25 bits per heavy atom. The fourth-order valence-corrected chi connectivity index (χ4v) is 2.25. The number of carboxylic acids is 1. The van der Waals surface area contributed by atoms with Gasteiger partial charge < -0.3 is 10.4 Å². The standard InChI is InChI=1S/C12H17NO3/c1-2-3-4-9(11(15)16)13-10(14)8-7-12(8)5-6-12/h2,8-9H,1,3-7H2,(H,13,14)(H,15,16). The molecule has 0 bridgehead atoms.